The lowest BCUT2D eigenvalue weighted by Gasteiger charge is -2.18. The predicted molar refractivity (Wildman–Crippen MR) is 116 cm³/mol. The Morgan fingerprint density at radius 3 is 2.32 bits per heavy atom. The van der Waals surface area contributed by atoms with Gasteiger partial charge in [-0.05, 0) is 38.1 Å². The van der Waals surface area contributed by atoms with Crippen LogP contribution in [0.3, 0.4) is 0 Å². The highest BCUT2D eigenvalue weighted by atomic mass is 16.5. The molecule has 0 radical (unpaired) electrons. The quantitative estimate of drug-likeness (QED) is 0.401. The zero-order chi connectivity index (χ0) is 22.7. The van der Waals surface area contributed by atoms with Crippen LogP contribution in [0.1, 0.15) is 29.8 Å². The number of benzene rings is 2. The van der Waals surface area contributed by atoms with E-state index in [2.05, 4.69) is 0 Å². The number of methoxy groups -OCH3 is 3. The molecular formula is C24H23NO6. The summed E-state index contributed by atoms with van der Waals surface area (Å²) in [6, 6.07) is 11.9. The first-order valence-electron chi connectivity index (χ1n) is 9.51. The highest BCUT2D eigenvalue weighted by Gasteiger charge is 2.38. The van der Waals surface area contributed by atoms with Gasteiger partial charge in [-0.15, -0.1) is 0 Å². The van der Waals surface area contributed by atoms with Gasteiger partial charge in [-0.3, -0.25) is 14.5 Å². The molecule has 0 unspecified atom stereocenters. The van der Waals surface area contributed by atoms with Crippen molar-refractivity contribution in [2.24, 2.45) is 0 Å². The Bertz CT molecular complexity index is 1130. The molecule has 0 saturated carbocycles. The van der Waals surface area contributed by atoms with E-state index in [-0.39, 0.29) is 16.9 Å². The number of allylic oxidation sites excluding steroid dienone is 1. The van der Waals surface area contributed by atoms with Crippen molar-refractivity contribution in [3.63, 3.8) is 0 Å². The second kappa shape index (κ2) is 8.87. The molecule has 3 rings (SSSR count). The number of para-hydroxylation sites is 1. The fourth-order valence-corrected chi connectivity index (χ4v) is 3.54. The minimum absolute atomic E-state index is 0.125. The molecule has 0 N–H and O–H groups in total. The van der Waals surface area contributed by atoms with Crippen LogP contribution < -0.4 is 14.4 Å². The van der Waals surface area contributed by atoms with Gasteiger partial charge < -0.3 is 14.2 Å². The van der Waals surface area contributed by atoms with Crippen LogP contribution in [0.4, 0.5) is 5.69 Å². The fraction of sp³-hybridized carbons (Fsp3) is 0.208. The number of anilines is 1. The number of rotatable bonds is 6. The normalized spacial score (nSPS) is 14.8. The van der Waals surface area contributed by atoms with Crippen LogP contribution in [0.15, 0.2) is 59.3 Å². The number of ketones is 1. The van der Waals surface area contributed by atoms with Crippen molar-refractivity contribution in [1.82, 2.24) is 0 Å². The maximum absolute atomic E-state index is 13.4. The zero-order valence-electron chi connectivity index (χ0n) is 18.0. The summed E-state index contributed by atoms with van der Waals surface area (Å²) in [5.41, 5.74) is 2.22. The van der Waals surface area contributed by atoms with Crippen molar-refractivity contribution in [3.05, 3.63) is 70.4 Å². The summed E-state index contributed by atoms with van der Waals surface area (Å²) in [5, 5.41) is 0. The first kappa shape index (κ1) is 21.8. The molecule has 7 nitrogen and oxygen atoms in total. The molecule has 2 aromatic rings. The lowest BCUT2D eigenvalue weighted by molar-refractivity contribution is -0.136. The average Bonchev–Trinajstić information content (AvgIpc) is 3.02. The van der Waals surface area contributed by atoms with Gasteiger partial charge in [-0.2, -0.15) is 0 Å². The number of hydrogen-bond donors (Lipinski definition) is 0. The molecule has 2 aromatic carbocycles. The standard InChI is InChI=1S/C24H23NO6/c1-14-21(24(28)31-5)19(13-17-9-7-11-20(29-3)22(17)30-4)23(27)25(14)18-10-6-8-16(12-18)15(2)26/h6-13H,1-5H3/b19-13-. The summed E-state index contributed by atoms with van der Waals surface area (Å²) in [6.07, 6.45) is 1.58. The minimum Gasteiger partial charge on any atom is -0.493 e. The number of esters is 1. The van der Waals surface area contributed by atoms with Crippen LogP contribution in [0, 0.1) is 0 Å². The van der Waals surface area contributed by atoms with Gasteiger partial charge in [0.2, 0.25) is 0 Å². The second-order valence-corrected chi connectivity index (χ2v) is 6.84. The first-order chi connectivity index (χ1) is 14.8. The van der Waals surface area contributed by atoms with Crippen LogP contribution in [0.2, 0.25) is 0 Å². The molecule has 31 heavy (non-hydrogen) atoms. The monoisotopic (exact) mass is 421 g/mol. The van der Waals surface area contributed by atoms with Gasteiger partial charge in [-0.1, -0.05) is 24.3 Å². The molecule has 1 aliphatic heterocycles. The zero-order valence-corrected chi connectivity index (χ0v) is 18.0. The summed E-state index contributed by atoms with van der Waals surface area (Å²) in [5.74, 6) is -0.245. The molecule has 0 spiro atoms. The van der Waals surface area contributed by atoms with E-state index in [1.807, 2.05) is 0 Å². The van der Waals surface area contributed by atoms with Gasteiger partial charge in [0.05, 0.1) is 32.5 Å². The van der Waals surface area contributed by atoms with E-state index in [4.69, 9.17) is 14.2 Å². The second-order valence-electron chi connectivity index (χ2n) is 6.84. The van der Waals surface area contributed by atoms with E-state index in [1.165, 1.54) is 33.2 Å². The Hall–Kier alpha value is -3.87. The summed E-state index contributed by atoms with van der Waals surface area (Å²) in [4.78, 5) is 39.2. The number of ether oxygens (including phenoxy) is 3. The summed E-state index contributed by atoms with van der Waals surface area (Å²) < 4.78 is 15.7. The van der Waals surface area contributed by atoms with Gasteiger partial charge in [0.15, 0.2) is 17.3 Å². The molecule has 1 heterocycles. The fourth-order valence-electron chi connectivity index (χ4n) is 3.54. The van der Waals surface area contributed by atoms with Crippen LogP contribution >= 0.6 is 0 Å². The topological polar surface area (TPSA) is 82.1 Å². The van der Waals surface area contributed by atoms with E-state index >= 15 is 0 Å². The molecule has 160 valence electrons. The Kier molecular flexibility index (Phi) is 6.25. The number of nitrogens with zero attached hydrogens (tertiary/aromatic N) is 1. The van der Waals surface area contributed by atoms with Crippen molar-refractivity contribution in [3.8, 4) is 11.5 Å². The van der Waals surface area contributed by atoms with Crippen LogP contribution in [0.25, 0.3) is 6.08 Å². The predicted octanol–water partition coefficient (Wildman–Crippen LogP) is 3.78. The number of carbonyl (C=O) groups is 3. The van der Waals surface area contributed by atoms with E-state index in [1.54, 1.807) is 55.5 Å². The Morgan fingerprint density at radius 2 is 1.71 bits per heavy atom. The Morgan fingerprint density at radius 1 is 1.00 bits per heavy atom. The largest absolute Gasteiger partial charge is 0.493 e. The van der Waals surface area contributed by atoms with E-state index < -0.39 is 11.9 Å². The SMILES string of the molecule is COC(=O)C1=C(C)N(c2cccc(C(C)=O)c2)C(=O)/C1=C\c1cccc(OC)c1OC. The highest BCUT2D eigenvalue weighted by Crippen LogP contribution is 2.38. The maximum Gasteiger partial charge on any atom is 0.340 e. The molecule has 1 aliphatic rings. The average molecular weight is 421 g/mol. The van der Waals surface area contributed by atoms with Crippen molar-refractivity contribution in [2.45, 2.75) is 13.8 Å². The van der Waals surface area contributed by atoms with Crippen molar-refractivity contribution in [2.75, 3.05) is 26.2 Å². The lowest BCUT2D eigenvalue weighted by atomic mass is 10.0. The molecule has 1 amide bonds. The van der Waals surface area contributed by atoms with Crippen molar-refractivity contribution in [1.29, 1.82) is 0 Å². The van der Waals surface area contributed by atoms with Gasteiger partial charge in [-0.25, -0.2) is 4.79 Å². The highest BCUT2D eigenvalue weighted by molar-refractivity contribution is 6.24. The molecule has 0 atom stereocenters. The van der Waals surface area contributed by atoms with Crippen LogP contribution in [-0.2, 0) is 14.3 Å². The van der Waals surface area contributed by atoms with E-state index in [0.717, 1.165) is 0 Å². The first-order valence-corrected chi connectivity index (χ1v) is 9.51. The summed E-state index contributed by atoms with van der Waals surface area (Å²) >= 11 is 0. The molecule has 7 heteroatoms. The third kappa shape index (κ3) is 3.94. The number of amides is 1. The van der Waals surface area contributed by atoms with Gasteiger partial charge >= 0.3 is 5.97 Å². The Balaban J connectivity index is 2.20. The number of hydrogen-bond acceptors (Lipinski definition) is 6. The molecule has 0 aliphatic carbocycles. The van der Waals surface area contributed by atoms with E-state index in [0.29, 0.717) is 34.0 Å². The number of carbonyl (C=O) groups excluding carboxylic acids is 3. The van der Waals surface area contributed by atoms with Gasteiger partial charge in [0, 0.05) is 22.5 Å². The van der Waals surface area contributed by atoms with Crippen molar-refractivity contribution < 1.29 is 28.6 Å². The molecule has 0 fully saturated rings. The lowest BCUT2D eigenvalue weighted by Crippen LogP contribution is -2.24. The van der Waals surface area contributed by atoms with Gasteiger partial charge in [0.1, 0.15) is 0 Å². The van der Waals surface area contributed by atoms with Gasteiger partial charge in [0.25, 0.3) is 5.91 Å². The molecular weight excluding hydrogens is 398 g/mol. The number of Topliss-reactive ketones (excluding diaryl/α,β-unsaturated/α-hetero) is 1. The third-order valence-corrected chi connectivity index (χ3v) is 5.03. The summed E-state index contributed by atoms with van der Waals surface area (Å²) in [7, 11) is 4.28. The van der Waals surface area contributed by atoms with Crippen LogP contribution in [-0.4, -0.2) is 39.0 Å². The Labute approximate surface area is 180 Å². The molecule has 0 bridgehead atoms. The summed E-state index contributed by atoms with van der Waals surface area (Å²) in [6.45, 7) is 3.11. The third-order valence-electron chi connectivity index (χ3n) is 5.03. The minimum atomic E-state index is -0.635. The molecule has 0 saturated heterocycles. The van der Waals surface area contributed by atoms with Crippen LogP contribution in [0.5, 0.6) is 11.5 Å². The van der Waals surface area contributed by atoms with Crippen molar-refractivity contribution >= 4 is 29.4 Å². The molecule has 0 aromatic heterocycles. The smallest absolute Gasteiger partial charge is 0.340 e. The van der Waals surface area contributed by atoms with E-state index in [9.17, 15) is 14.4 Å². The maximum atomic E-state index is 13.4.